The first kappa shape index (κ1) is 13.4. The van der Waals surface area contributed by atoms with E-state index in [1.54, 1.807) is 18.2 Å². The van der Waals surface area contributed by atoms with Gasteiger partial charge in [0.1, 0.15) is 11.6 Å². The minimum absolute atomic E-state index is 0.212. The monoisotopic (exact) mass is 309 g/mol. The molecule has 0 amide bonds. The van der Waals surface area contributed by atoms with Crippen molar-refractivity contribution in [2.45, 2.75) is 6.04 Å². The molecule has 0 saturated heterocycles. The van der Waals surface area contributed by atoms with Gasteiger partial charge in [0.15, 0.2) is 5.58 Å². The standard InChI is InChI=1S/C15H10Cl2FNO/c16-9-4-2-6-11(18)13(9)14(19)12-7-8-3-1-5-10(17)15(8)20-12/h1-7,14H,19H2. The summed E-state index contributed by atoms with van der Waals surface area (Å²) in [5.41, 5.74) is 6.82. The zero-order valence-corrected chi connectivity index (χ0v) is 11.8. The van der Waals surface area contributed by atoms with Crippen molar-refractivity contribution in [1.29, 1.82) is 0 Å². The van der Waals surface area contributed by atoms with Crippen LogP contribution in [-0.2, 0) is 0 Å². The topological polar surface area (TPSA) is 39.2 Å². The fourth-order valence-electron chi connectivity index (χ4n) is 2.15. The molecule has 0 radical (unpaired) electrons. The Bertz CT molecular complexity index is 764. The van der Waals surface area contributed by atoms with E-state index in [1.807, 2.05) is 12.1 Å². The van der Waals surface area contributed by atoms with Gasteiger partial charge in [-0.25, -0.2) is 4.39 Å². The van der Waals surface area contributed by atoms with Crippen LogP contribution in [0.2, 0.25) is 10.0 Å². The van der Waals surface area contributed by atoms with Gasteiger partial charge >= 0.3 is 0 Å². The van der Waals surface area contributed by atoms with Gasteiger partial charge in [-0.05, 0) is 24.3 Å². The van der Waals surface area contributed by atoms with Crippen molar-refractivity contribution in [2.24, 2.45) is 5.73 Å². The van der Waals surface area contributed by atoms with Gasteiger partial charge in [0, 0.05) is 16.0 Å². The number of halogens is 3. The third kappa shape index (κ3) is 2.18. The minimum atomic E-state index is -0.785. The lowest BCUT2D eigenvalue weighted by Gasteiger charge is -2.11. The number of fused-ring (bicyclic) bond motifs is 1. The van der Waals surface area contributed by atoms with Gasteiger partial charge in [0.05, 0.1) is 11.1 Å². The van der Waals surface area contributed by atoms with Crippen molar-refractivity contribution in [1.82, 2.24) is 0 Å². The second-order valence-electron chi connectivity index (χ2n) is 4.42. The van der Waals surface area contributed by atoms with Crippen LogP contribution in [0.4, 0.5) is 4.39 Å². The summed E-state index contributed by atoms with van der Waals surface area (Å²) >= 11 is 12.1. The lowest BCUT2D eigenvalue weighted by atomic mass is 10.0. The van der Waals surface area contributed by atoms with Gasteiger partial charge in [-0.1, -0.05) is 41.4 Å². The Balaban J connectivity index is 2.13. The largest absolute Gasteiger partial charge is 0.457 e. The highest BCUT2D eigenvalue weighted by molar-refractivity contribution is 6.34. The number of furan rings is 1. The summed E-state index contributed by atoms with van der Waals surface area (Å²) in [4.78, 5) is 0. The second-order valence-corrected chi connectivity index (χ2v) is 5.23. The van der Waals surface area contributed by atoms with Gasteiger partial charge in [-0.3, -0.25) is 0 Å². The molecule has 0 saturated carbocycles. The summed E-state index contributed by atoms with van der Waals surface area (Å²) in [6.07, 6.45) is 0. The van der Waals surface area contributed by atoms with Crippen LogP contribution in [-0.4, -0.2) is 0 Å². The smallest absolute Gasteiger partial charge is 0.152 e. The van der Waals surface area contributed by atoms with E-state index in [-0.39, 0.29) is 10.6 Å². The van der Waals surface area contributed by atoms with Crippen molar-refractivity contribution < 1.29 is 8.81 Å². The Kier molecular flexibility index (Phi) is 3.42. The molecule has 0 aliphatic rings. The van der Waals surface area contributed by atoms with Gasteiger partial charge in [-0.2, -0.15) is 0 Å². The summed E-state index contributed by atoms with van der Waals surface area (Å²) in [6.45, 7) is 0. The average molecular weight is 310 g/mol. The molecule has 1 heterocycles. The first-order valence-corrected chi connectivity index (χ1v) is 6.71. The molecule has 0 aliphatic carbocycles. The summed E-state index contributed by atoms with van der Waals surface area (Å²) in [7, 11) is 0. The van der Waals surface area contributed by atoms with E-state index >= 15 is 0 Å². The van der Waals surface area contributed by atoms with Crippen molar-refractivity contribution in [3.05, 3.63) is 69.7 Å². The molecule has 1 atom stereocenters. The molecule has 3 aromatic rings. The fourth-order valence-corrected chi connectivity index (χ4v) is 2.65. The van der Waals surface area contributed by atoms with Crippen LogP contribution in [0.3, 0.4) is 0 Å². The quantitative estimate of drug-likeness (QED) is 0.729. The lowest BCUT2D eigenvalue weighted by molar-refractivity contribution is 0.510. The molecule has 0 aliphatic heterocycles. The fraction of sp³-hybridized carbons (Fsp3) is 0.0667. The van der Waals surface area contributed by atoms with Crippen molar-refractivity contribution in [2.75, 3.05) is 0 Å². The number of para-hydroxylation sites is 1. The lowest BCUT2D eigenvalue weighted by Crippen LogP contribution is -2.13. The third-order valence-corrected chi connectivity index (χ3v) is 3.76. The van der Waals surface area contributed by atoms with Gasteiger partial charge in [-0.15, -0.1) is 0 Å². The maximum absolute atomic E-state index is 13.9. The molecule has 0 bridgehead atoms. The molecule has 0 spiro atoms. The zero-order valence-electron chi connectivity index (χ0n) is 10.2. The Hall–Kier alpha value is -1.55. The van der Waals surface area contributed by atoms with Crippen LogP contribution in [0.1, 0.15) is 17.4 Å². The third-order valence-electron chi connectivity index (χ3n) is 3.13. The summed E-state index contributed by atoms with van der Waals surface area (Å²) < 4.78 is 19.5. The van der Waals surface area contributed by atoms with Gasteiger partial charge in [0.25, 0.3) is 0 Å². The highest BCUT2D eigenvalue weighted by atomic mass is 35.5. The highest BCUT2D eigenvalue weighted by Gasteiger charge is 2.21. The number of hydrogen-bond acceptors (Lipinski definition) is 2. The highest BCUT2D eigenvalue weighted by Crippen LogP contribution is 2.34. The summed E-state index contributed by atoms with van der Waals surface area (Å²) in [5.74, 6) is -0.0448. The van der Waals surface area contributed by atoms with E-state index in [0.717, 1.165) is 5.39 Å². The molecule has 3 rings (SSSR count). The molecule has 1 aromatic heterocycles. The number of hydrogen-bond donors (Lipinski definition) is 1. The summed E-state index contributed by atoms with van der Waals surface area (Å²) in [5, 5.41) is 1.57. The Morgan fingerprint density at radius 2 is 1.75 bits per heavy atom. The van der Waals surface area contributed by atoms with Crippen molar-refractivity contribution in [3.63, 3.8) is 0 Å². The predicted octanol–water partition coefficient (Wildman–Crippen LogP) is 4.93. The molecular weight excluding hydrogens is 300 g/mol. The molecule has 1 unspecified atom stereocenters. The molecule has 20 heavy (non-hydrogen) atoms. The molecular formula is C15H10Cl2FNO. The van der Waals surface area contributed by atoms with Crippen molar-refractivity contribution >= 4 is 34.2 Å². The molecule has 102 valence electrons. The Morgan fingerprint density at radius 1 is 1.05 bits per heavy atom. The van der Waals surface area contributed by atoms with Gasteiger partial charge < -0.3 is 10.2 Å². The molecule has 2 aromatic carbocycles. The first-order chi connectivity index (χ1) is 9.58. The second kappa shape index (κ2) is 5.09. The Morgan fingerprint density at radius 3 is 2.45 bits per heavy atom. The normalized spacial score (nSPS) is 12.8. The molecule has 2 nitrogen and oxygen atoms in total. The average Bonchev–Trinajstić information content (AvgIpc) is 2.84. The molecule has 5 heteroatoms. The first-order valence-electron chi connectivity index (χ1n) is 5.95. The number of rotatable bonds is 2. The van der Waals surface area contributed by atoms with Gasteiger partial charge in [0.2, 0.25) is 0 Å². The number of nitrogens with two attached hydrogens (primary N) is 1. The van der Waals surface area contributed by atoms with E-state index < -0.39 is 11.9 Å². The maximum atomic E-state index is 13.9. The Labute approximate surface area is 124 Å². The van der Waals surface area contributed by atoms with E-state index in [2.05, 4.69) is 0 Å². The number of benzene rings is 2. The summed E-state index contributed by atoms with van der Waals surface area (Å²) in [6, 6.07) is 10.8. The van der Waals surface area contributed by atoms with E-state index in [9.17, 15) is 4.39 Å². The van der Waals surface area contributed by atoms with E-state index in [0.29, 0.717) is 16.4 Å². The minimum Gasteiger partial charge on any atom is -0.457 e. The zero-order chi connectivity index (χ0) is 14.3. The van der Waals surface area contributed by atoms with Crippen LogP contribution >= 0.6 is 23.2 Å². The SMILES string of the molecule is NC(c1cc2cccc(Cl)c2o1)c1c(F)cccc1Cl. The van der Waals surface area contributed by atoms with Crippen LogP contribution in [0.5, 0.6) is 0 Å². The van der Waals surface area contributed by atoms with Crippen molar-refractivity contribution in [3.8, 4) is 0 Å². The van der Waals surface area contributed by atoms with Crippen LogP contribution in [0.25, 0.3) is 11.0 Å². The van der Waals surface area contributed by atoms with E-state index in [4.69, 9.17) is 33.4 Å². The predicted molar refractivity (Wildman–Crippen MR) is 78.7 cm³/mol. The van der Waals surface area contributed by atoms with Crippen LogP contribution in [0.15, 0.2) is 46.9 Å². The maximum Gasteiger partial charge on any atom is 0.152 e. The molecule has 2 N–H and O–H groups in total. The molecule has 0 fully saturated rings. The van der Waals surface area contributed by atoms with Crippen LogP contribution < -0.4 is 5.73 Å². The van der Waals surface area contributed by atoms with E-state index in [1.165, 1.54) is 12.1 Å². The van der Waals surface area contributed by atoms with Crippen LogP contribution in [0, 0.1) is 5.82 Å².